The molecule has 0 aromatic heterocycles. The Morgan fingerprint density at radius 1 is 1.13 bits per heavy atom. The zero-order valence-electron chi connectivity index (χ0n) is 13.7. The van der Waals surface area contributed by atoms with E-state index < -0.39 is 5.60 Å². The minimum absolute atomic E-state index is 0.126. The molecule has 0 radical (unpaired) electrons. The molecule has 0 bridgehead atoms. The lowest BCUT2D eigenvalue weighted by molar-refractivity contribution is -0.129. The molecule has 0 aliphatic carbocycles. The molecule has 120 valence electrons. The summed E-state index contributed by atoms with van der Waals surface area (Å²) in [5.74, 6) is 0.578. The van der Waals surface area contributed by atoms with Gasteiger partial charge in [-0.2, -0.15) is 0 Å². The number of hydrogen-bond acceptors (Lipinski definition) is 3. The maximum absolute atomic E-state index is 11.9. The predicted octanol–water partition coefficient (Wildman–Crippen LogP) is 3.65. The standard InChI is InChI=1S/C19H21NO3/c1-19(2)18(21)20-16-8-7-15(12-17(16)23-19)14-6-4-5-13(11-14)9-10-22-3/h4-8,11-12H,9-10H2,1-3H3,(H,20,21). The Morgan fingerprint density at radius 2 is 1.91 bits per heavy atom. The van der Waals surface area contributed by atoms with Crippen molar-refractivity contribution in [1.29, 1.82) is 0 Å². The number of rotatable bonds is 4. The predicted molar refractivity (Wildman–Crippen MR) is 90.8 cm³/mol. The van der Waals surface area contributed by atoms with E-state index in [-0.39, 0.29) is 5.91 Å². The molecular weight excluding hydrogens is 290 g/mol. The molecule has 2 aromatic carbocycles. The molecule has 4 heteroatoms. The van der Waals surface area contributed by atoms with Gasteiger partial charge in [-0.05, 0) is 49.1 Å². The van der Waals surface area contributed by atoms with E-state index in [1.807, 2.05) is 24.3 Å². The Labute approximate surface area is 136 Å². The van der Waals surface area contributed by atoms with Gasteiger partial charge in [-0.1, -0.05) is 30.3 Å². The first kappa shape index (κ1) is 15.6. The Bertz CT molecular complexity index is 737. The zero-order chi connectivity index (χ0) is 16.4. The van der Waals surface area contributed by atoms with Gasteiger partial charge in [0.1, 0.15) is 5.75 Å². The Hall–Kier alpha value is -2.33. The molecular formula is C19H21NO3. The fourth-order valence-corrected chi connectivity index (χ4v) is 2.61. The molecule has 0 fully saturated rings. The number of nitrogens with one attached hydrogen (secondary N) is 1. The number of benzene rings is 2. The van der Waals surface area contributed by atoms with Crippen LogP contribution in [0.2, 0.25) is 0 Å². The van der Waals surface area contributed by atoms with Gasteiger partial charge in [0.15, 0.2) is 5.60 Å². The van der Waals surface area contributed by atoms with Crippen LogP contribution >= 0.6 is 0 Å². The summed E-state index contributed by atoms with van der Waals surface area (Å²) in [6, 6.07) is 14.2. The number of ether oxygens (including phenoxy) is 2. The van der Waals surface area contributed by atoms with Gasteiger partial charge in [-0.3, -0.25) is 4.79 Å². The number of amides is 1. The van der Waals surface area contributed by atoms with Crippen LogP contribution in [0.1, 0.15) is 19.4 Å². The molecule has 1 N–H and O–H groups in total. The van der Waals surface area contributed by atoms with Crippen molar-refractivity contribution in [1.82, 2.24) is 0 Å². The van der Waals surface area contributed by atoms with Gasteiger partial charge in [0.2, 0.25) is 0 Å². The van der Waals surface area contributed by atoms with Crippen LogP contribution < -0.4 is 10.1 Å². The second-order valence-electron chi connectivity index (χ2n) is 6.22. The van der Waals surface area contributed by atoms with E-state index in [0.717, 1.165) is 17.5 Å². The molecule has 1 aliphatic rings. The van der Waals surface area contributed by atoms with Gasteiger partial charge in [0.25, 0.3) is 5.91 Å². The number of methoxy groups -OCH3 is 1. The molecule has 0 unspecified atom stereocenters. The van der Waals surface area contributed by atoms with Crippen molar-refractivity contribution in [3.05, 3.63) is 48.0 Å². The topological polar surface area (TPSA) is 47.6 Å². The van der Waals surface area contributed by atoms with Crippen molar-refractivity contribution in [2.75, 3.05) is 19.0 Å². The SMILES string of the molecule is COCCc1cccc(-c2ccc3c(c2)OC(C)(C)C(=O)N3)c1. The first-order valence-corrected chi connectivity index (χ1v) is 7.72. The van der Waals surface area contributed by atoms with Gasteiger partial charge in [0, 0.05) is 7.11 Å². The van der Waals surface area contributed by atoms with Crippen LogP contribution in [-0.4, -0.2) is 25.2 Å². The van der Waals surface area contributed by atoms with Crippen LogP contribution in [0.4, 0.5) is 5.69 Å². The third-order valence-electron chi connectivity index (χ3n) is 4.00. The summed E-state index contributed by atoms with van der Waals surface area (Å²) < 4.78 is 11.0. The smallest absolute Gasteiger partial charge is 0.268 e. The van der Waals surface area contributed by atoms with Gasteiger partial charge in [-0.25, -0.2) is 0 Å². The minimum Gasteiger partial charge on any atom is -0.476 e. The van der Waals surface area contributed by atoms with Crippen LogP contribution in [-0.2, 0) is 16.0 Å². The van der Waals surface area contributed by atoms with Crippen LogP contribution in [0.5, 0.6) is 5.75 Å². The van der Waals surface area contributed by atoms with Crippen molar-refractivity contribution in [3.8, 4) is 16.9 Å². The van der Waals surface area contributed by atoms with Crippen LogP contribution in [0, 0.1) is 0 Å². The Kier molecular flexibility index (Phi) is 4.09. The summed E-state index contributed by atoms with van der Waals surface area (Å²) >= 11 is 0. The largest absolute Gasteiger partial charge is 0.476 e. The second kappa shape index (κ2) is 6.05. The fourth-order valence-electron chi connectivity index (χ4n) is 2.61. The highest BCUT2D eigenvalue weighted by atomic mass is 16.5. The van der Waals surface area contributed by atoms with Gasteiger partial charge in [0.05, 0.1) is 12.3 Å². The highest BCUT2D eigenvalue weighted by molar-refractivity contribution is 6.00. The molecule has 23 heavy (non-hydrogen) atoms. The summed E-state index contributed by atoms with van der Waals surface area (Å²) in [6.07, 6.45) is 0.884. The molecule has 4 nitrogen and oxygen atoms in total. The van der Waals surface area contributed by atoms with Crippen molar-refractivity contribution in [2.24, 2.45) is 0 Å². The summed E-state index contributed by atoms with van der Waals surface area (Å²) in [6.45, 7) is 4.24. The van der Waals surface area contributed by atoms with E-state index in [0.29, 0.717) is 18.0 Å². The van der Waals surface area contributed by atoms with E-state index in [2.05, 4.69) is 23.5 Å². The summed E-state index contributed by atoms with van der Waals surface area (Å²) in [7, 11) is 1.71. The Balaban J connectivity index is 1.92. The van der Waals surface area contributed by atoms with E-state index in [1.54, 1.807) is 21.0 Å². The number of carbonyl (C=O) groups excluding carboxylic acids is 1. The van der Waals surface area contributed by atoms with Crippen LogP contribution in [0.3, 0.4) is 0 Å². The monoisotopic (exact) mass is 311 g/mol. The lowest BCUT2D eigenvalue weighted by Crippen LogP contribution is -2.45. The third-order valence-corrected chi connectivity index (χ3v) is 4.00. The fraction of sp³-hybridized carbons (Fsp3) is 0.316. The summed E-state index contributed by atoms with van der Waals surface area (Å²) in [4.78, 5) is 11.9. The summed E-state index contributed by atoms with van der Waals surface area (Å²) in [5, 5.41) is 2.89. The summed E-state index contributed by atoms with van der Waals surface area (Å²) in [5.41, 5.74) is 3.28. The molecule has 0 spiro atoms. The van der Waals surface area contributed by atoms with Gasteiger partial charge < -0.3 is 14.8 Å². The number of anilines is 1. The van der Waals surface area contributed by atoms with Gasteiger partial charge in [-0.15, -0.1) is 0 Å². The molecule has 0 saturated carbocycles. The molecule has 0 saturated heterocycles. The normalized spacial score (nSPS) is 15.5. The van der Waals surface area contributed by atoms with Crippen molar-refractivity contribution in [3.63, 3.8) is 0 Å². The number of carbonyl (C=O) groups is 1. The van der Waals surface area contributed by atoms with Crippen molar-refractivity contribution < 1.29 is 14.3 Å². The van der Waals surface area contributed by atoms with E-state index in [9.17, 15) is 4.79 Å². The second-order valence-corrected chi connectivity index (χ2v) is 6.22. The van der Waals surface area contributed by atoms with Crippen LogP contribution in [0.15, 0.2) is 42.5 Å². The van der Waals surface area contributed by atoms with E-state index >= 15 is 0 Å². The lowest BCUT2D eigenvalue weighted by atomic mass is 10.00. The average Bonchev–Trinajstić information content (AvgIpc) is 2.53. The van der Waals surface area contributed by atoms with Crippen molar-refractivity contribution in [2.45, 2.75) is 25.9 Å². The van der Waals surface area contributed by atoms with E-state index in [1.165, 1.54) is 5.56 Å². The molecule has 2 aromatic rings. The third kappa shape index (κ3) is 3.22. The highest BCUT2D eigenvalue weighted by Gasteiger charge is 2.35. The maximum Gasteiger partial charge on any atom is 0.268 e. The van der Waals surface area contributed by atoms with E-state index in [4.69, 9.17) is 9.47 Å². The molecule has 3 rings (SSSR count). The number of hydrogen-bond donors (Lipinski definition) is 1. The minimum atomic E-state index is -0.855. The van der Waals surface area contributed by atoms with Crippen LogP contribution in [0.25, 0.3) is 11.1 Å². The molecule has 0 atom stereocenters. The lowest BCUT2D eigenvalue weighted by Gasteiger charge is -2.31. The maximum atomic E-state index is 11.9. The first-order chi connectivity index (χ1) is 11.0. The first-order valence-electron chi connectivity index (χ1n) is 7.72. The van der Waals surface area contributed by atoms with Gasteiger partial charge >= 0.3 is 0 Å². The molecule has 1 amide bonds. The zero-order valence-corrected chi connectivity index (χ0v) is 13.7. The highest BCUT2D eigenvalue weighted by Crippen LogP contribution is 2.37. The number of fused-ring (bicyclic) bond motifs is 1. The molecule has 1 heterocycles. The average molecular weight is 311 g/mol. The Morgan fingerprint density at radius 3 is 2.70 bits per heavy atom. The quantitative estimate of drug-likeness (QED) is 0.937. The molecule has 1 aliphatic heterocycles. The van der Waals surface area contributed by atoms with Crippen molar-refractivity contribution >= 4 is 11.6 Å².